The topological polar surface area (TPSA) is 24.9 Å². The molecule has 2 nitrogen and oxygen atoms in total. The van der Waals surface area contributed by atoms with Gasteiger partial charge in [0.25, 0.3) is 0 Å². The van der Waals surface area contributed by atoms with E-state index in [1.165, 1.54) is 43.1 Å². The lowest BCUT2D eigenvalue weighted by atomic mass is 9.81. The van der Waals surface area contributed by atoms with Crippen molar-refractivity contribution in [3.63, 3.8) is 0 Å². The maximum atomic E-state index is 4.48. The third-order valence-electron chi connectivity index (χ3n) is 4.88. The van der Waals surface area contributed by atoms with Crippen LogP contribution in [0.15, 0.2) is 36.5 Å². The number of aromatic nitrogens is 1. The maximum Gasteiger partial charge on any atom is 0.0704 e. The number of hydrogen-bond acceptors (Lipinski definition) is 2. The molecule has 1 aromatic carbocycles. The Hall–Kier alpha value is -1.41. The lowest BCUT2D eigenvalue weighted by Crippen LogP contribution is -2.29. The van der Waals surface area contributed by atoms with Gasteiger partial charge in [0.15, 0.2) is 0 Å². The average Bonchev–Trinajstić information content (AvgIpc) is 2.87. The van der Waals surface area contributed by atoms with Crippen molar-refractivity contribution in [3.05, 3.63) is 42.1 Å². The summed E-state index contributed by atoms with van der Waals surface area (Å²) in [7, 11) is 0. The summed E-state index contributed by atoms with van der Waals surface area (Å²) in [5.41, 5.74) is 3.01. The third-order valence-corrected chi connectivity index (χ3v) is 4.88. The van der Waals surface area contributed by atoms with Crippen molar-refractivity contribution in [2.45, 2.75) is 52.0 Å². The van der Waals surface area contributed by atoms with E-state index < -0.39 is 0 Å². The van der Waals surface area contributed by atoms with Crippen LogP contribution in [0.2, 0.25) is 0 Å². The van der Waals surface area contributed by atoms with E-state index in [2.05, 4.69) is 54.5 Å². The fourth-order valence-corrected chi connectivity index (χ4v) is 3.77. The average molecular weight is 282 g/mol. The zero-order valence-electron chi connectivity index (χ0n) is 13.2. The van der Waals surface area contributed by atoms with Crippen LogP contribution in [0, 0.1) is 5.41 Å². The van der Waals surface area contributed by atoms with Gasteiger partial charge in [-0.2, -0.15) is 0 Å². The molecule has 112 valence electrons. The SMILES string of the molecule is CCCNC1CCC(C)(Cc2ccnc3ccccc23)C1. The van der Waals surface area contributed by atoms with E-state index in [0.29, 0.717) is 11.5 Å². The lowest BCUT2D eigenvalue weighted by Gasteiger charge is -2.25. The summed E-state index contributed by atoms with van der Waals surface area (Å²) >= 11 is 0. The highest BCUT2D eigenvalue weighted by Gasteiger charge is 2.35. The van der Waals surface area contributed by atoms with Crippen molar-refractivity contribution in [2.24, 2.45) is 5.41 Å². The molecule has 2 aromatic rings. The van der Waals surface area contributed by atoms with Gasteiger partial charge in [0.1, 0.15) is 0 Å². The van der Waals surface area contributed by atoms with Gasteiger partial charge in [-0.1, -0.05) is 32.0 Å². The number of rotatable bonds is 5. The van der Waals surface area contributed by atoms with Crippen LogP contribution in [0.4, 0.5) is 0 Å². The molecule has 1 saturated carbocycles. The highest BCUT2D eigenvalue weighted by Crippen LogP contribution is 2.41. The normalized spacial score (nSPS) is 25.5. The van der Waals surface area contributed by atoms with E-state index in [1.54, 1.807) is 0 Å². The summed E-state index contributed by atoms with van der Waals surface area (Å²) in [6, 6.07) is 11.4. The van der Waals surface area contributed by atoms with Crippen molar-refractivity contribution in [3.8, 4) is 0 Å². The first-order valence-electron chi connectivity index (χ1n) is 8.26. The van der Waals surface area contributed by atoms with Crippen LogP contribution in [0.5, 0.6) is 0 Å². The molecule has 1 aromatic heterocycles. The zero-order valence-corrected chi connectivity index (χ0v) is 13.2. The molecule has 2 atom stereocenters. The van der Waals surface area contributed by atoms with Crippen LogP contribution in [-0.4, -0.2) is 17.6 Å². The summed E-state index contributed by atoms with van der Waals surface area (Å²) < 4.78 is 0. The first-order chi connectivity index (χ1) is 10.2. The molecule has 2 unspecified atom stereocenters. The number of para-hydroxylation sites is 1. The number of benzene rings is 1. The highest BCUT2D eigenvalue weighted by molar-refractivity contribution is 5.81. The smallest absolute Gasteiger partial charge is 0.0704 e. The molecule has 1 fully saturated rings. The second kappa shape index (κ2) is 6.15. The van der Waals surface area contributed by atoms with E-state index >= 15 is 0 Å². The Labute approximate surface area is 128 Å². The van der Waals surface area contributed by atoms with Crippen LogP contribution >= 0.6 is 0 Å². The Bertz CT molecular complexity index is 602. The summed E-state index contributed by atoms with van der Waals surface area (Å²) in [5.74, 6) is 0. The molecule has 0 saturated heterocycles. The fourth-order valence-electron chi connectivity index (χ4n) is 3.77. The van der Waals surface area contributed by atoms with Crippen molar-refractivity contribution in [1.29, 1.82) is 0 Å². The van der Waals surface area contributed by atoms with Crippen LogP contribution in [0.25, 0.3) is 10.9 Å². The molecular weight excluding hydrogens is 256 g/mol. The monoisotopic (exact) mass is 282 g/mol. The first kappa shape index (κ1) is 14.5. The van der Waals surface area contributed by atoms with Gasteiger partial charge in [-0.3, -0.25) is 4.98 Å². The van der Waals surface area contributed by atoms with Crippen molar-refractivity contribution < 1.29 is 0 Å². The Morgan fingerprint density at radius 2 is 2.14 bits per heavy atom. The van der Waals surface area contributed by atoms with E-state index in [1.807, 2.05) is 6.20 Å². The second-order valence-electron chi connectivity index (χ2n) is 6.87. The minimum Gasteiger partial charge on any atom is -0.314 e. The quantitative estimate of drug-likeness (QED) is 0.882. The fraction of sp³-hybridized carbons (Fsp3) is 0.526. The van der Waals surface area contributed by atoms with E-state index in [4.69, 9.17) is 0 Å². The minimum atomic E-state index is 0.426. The van der Waals surface area contributed by atoms with Gasteiger partial charge < -0.3 is 5.32 Å². The van der Waals surface area contributed by atoms with Crippen LogP contribution in [0.3, 0.4) is 0 Å². The molecule has 1 heterocycles. The molecule has 21 heavy (non-hydrogen) atoms. The highest BCUT2D eigenvalue weighted by atomic mass is 14.9. The molecule has 0 bridgehead atoms. The predicted octanol–water partition coefficient (Wildman–Crippen LogP) is 4.34. The summed E-state index contributed by atoms with van der Waals surface area (Å²) in [6.45, 7) is 5.85. The number of nitrogens with zero attached hydrogens (tertiary/aromatic N) is 1. The first-order valence-corrected chi connectivity index (χ1v) is 8.26. The third kappa shape index (κ3) is 3.26. The van der Waals surface area contributed by atoms with Crippen molar-refractivity contribution in [1.82, 2.24) is 10.3 Å². The van der Waals surface area contributed by atoms with Crippen molar-refractivity contribution in [2.75, 3.05) is 6.54 Å². The van der Waals surface area contributed by atoms with Gasteiger partial charge >= 0.3 is 0 Å². The number of fused-ring (bicyclic) bond motifs is 1. The number of nitrogens with one attached hydrogen (secondary N) is 1. The van der Waals surface area contributed by atoms with E-state index in [9.17, 15) is 0 Å². The molecule has 1 aliphatic carbocycles. The molecule has 0 amide bonds. The largest absolute Gasteiger partial charge is 0.314 e. The van der Waals surface area contributed by atoms with Gasteiger partial charge in [-0.25, -0.2) is 0 Å². The van der Waals surface area contributed by atoms with Gasteiger partial charge in [0, 0.05) is 17.6 Å². The van der Waals surface area contributed by atoms with E-state index in [0.717, 1.165) is 12.1 Å². The number of pyridine rings is 1. The van der Waals surface area contributed by atoms with Crippen LogP contribution in [0.1, 0.15) is 45.1 Å². The van der Waals surface area contributed by atoms with Gasteiger partial charge in [0.2, 0.25) is 0 Å². The molecular formula is C19H26N2. The summed E-state index contributed by atoms with van der Waals surface area (Å²) in [5, 5.41) is 5.02. The molecule has 1 N–H and O–H groups in total. The Morgan fingerprint density at radius 3 is 3.00 bits per heavy atom. The lowest BCUT2D eigenvalue weighted by molar-refractivity contribution is 0.323. The summed E-state index contributed by atoms with van der Waals surface area (Å²) in [6.07, 6.45) is 8.29. The minimum absolute atomic E-state index is 0.426. The van der Waals surface area contributed by atoms with Crippen LogP contribution < -0.4 is 5.32 Å². The molecule has 0 aliphatic heterocycles. The zero-order chi connectivity index (χ0) is 14.7. The van der Waals surface area contributed by atoms with Gasteiger partial charge in [-0.05, 0) is 61.8 Å². The standard InChI is InChI=1S/C19H26N2/c1-3-11-20-16-8-10-19(2,14-16)13-15-9-12-21-18-7-5-4-6-17(15)18/h4-7,9,12,16,20H,3,8,10-11,13-14H2,1-2H3. The molecule has 1 aliphatic rings. The maximum absolute atomic E-state index is 4.48. The van der Waals surface area contributed by atoms with E-state index in [-0.39, 0.29) is 0 Å². The second-order valence-corrected chi connectivity index (χ2v) is 6.87. The Morgan fingerprint density at radius 1 is 1.29 bits per heavy atom. The van der Waals surface area contributed by atoms with Gasteiger partial charge in [0.05, 0.1) is 5.52 Å². The molecule has 3 rings (SSSR count). The molecule has 2 heteroatoms. The molecule has 0 spiro atoms. The predicted molar refractivity (Wildman–Crippen MR) is 89.5 cm³/mol. The van der Waals surface area contributed by atoms with Gasteiger partial charge in [-0.15, -0.1) is 0 Å². The van der Waals surface area contributed by atoms with Crippen molar-refractivity contribution >= 4 is 10.9 Å². The number of hydrogen-bond donors (Lipinski definition) is 1. The molecule has 0 radical (unpaired) electrons. The summed E-state index contributed by atoms with van der Waals surface area (Å²) in [4.78, 5) is 4.48. The Balaban J connectivity index is 1.76. The Kier molecular flexibility index (Phi) is 4.25. The van der Waals surface area contributed by atoms with Crippen LogP contribution in [-0.2, 0) is 6.42 Å².